The van der Waals surface area contributed by atoms with Crippen LogP contribution in [0.15, 0.2) is 54.6 Å². The SMILES string of the molecule is O=C(O)CCC(Cc1ccccc1)NC(=O)NCCOc1ccccc1F. The quantitative estimate of drug-likeness (QED) is 0.558. The van der Waals surface area contributed by atoms with Crippen LogP contribution in [0.5, 0.6) is 5.75 Å². The van der Waals surface area contributed by atoms with Crippen LogP contribution in [0.3, 0.4) is 0 Å². The summed E-state index contributed by atoms with van der Waals surface area (Å²) in [7, 11) is 0. The van der Waals surface area contributed by atoms with E-state index in [-0.39, 0.29) is 31.4 Å². The van der Waals surface area contributed by atoms with Crippen molar-refractivity contribution in [2.75, 3.05) is 13.2 Å². The Kier molecular flexibility index (Phi) is 8.09. The number of rotatable bonds is 10. The van der Waals surface area contributed by atoms with E-state index >= 15 is 0 Å². The summed E-state index contributed by atoms with van der Waals surface area (Å²) in [6.07, 6.45) is 0.824. The average molecular weight is 374 g/mol. The van der Waals surface area contributed by atoms with E-state index in [0.717, 1.165) is 5.56 Å². The topological polar surface area (TPSA) is 87.7 Å². The van der Waals surface area contributed by atoms with Crippen LogP contribution in [0.25, 0.3) is 0 Å². The Hall–Kier alpha value is -3.09. The first kappa shape index (κ1) is 20.2. The van der Waals surface area contributed by atoms with Crippen molar-refractivity contribution >= 4 is 12.0 Å². The van der Waals surface area contributed by atoms with Gasteiger partial charge >= 0.3 is 12.0 Å². The summed E-state index contributed by atoms with van der Waals surface area (Å²) < 4.78 is 18.7. The molecular formula is C20H23FN2O4. The molecule has 3 N–H and O–H groups in total. The van der Waals surface area contributed by atoms with Crippen LogP contribution >= 0.6 is 0 Å². The summed E-state index contributed by atoms with van der Waals surface area (Å²) in [5, 5.41) is 14.3. The van der Waals surface area contributed by atoms with Gasteiger partial charge in [-0.15, -0.1) is 0 Å². The first-order chi connectivity index (χ1) is 13.0. The predicted molar refractivity (Wildman–Crippen MR) is 99.2 cm³/mol. The number of halogens is 1. The van der Waals surface area contributed by atoms with Crippen molar-refractivity contribution < 1.29 is 23.8 Å². The molecule has 6 nitrogen and oxygen atoms in total. The lowest BCUT2D eigenvalue weighted by molar-refractivity contribution is -0.137. The van der Waals surface area contributed by atoms with E-state index in [1.165, 1.54) is 12.1 Å². The maximum absolute atomic E-state index is 13.4. The highest BCUT2D eigenvalue weighted by Crippen LogP contribution is 2.14. The number of carbonyl (C=O) groups is 2. The van der Waals surface area contributed by atoms with Crippen LogP contribution < -0.4 is 15.4 Å². The fourth-order valence-electron chi connectivity index (χ4n) is 2.55. The number of carboxylic acid groups (broad SMARTS) is 1. The highest BCUT2D eigenvalue weighted by molar-refractivity contribution is 5.74. The highest BCUT2D eigenvalue weighted by Gasteiger charge is 2.14. The van der Waals surface area contributed by atoms with Crippen LogP contribution in [-0.4, -0.2) is 36.3 Å². The molecule has 0 aliphatic rings. The molecule has 0 saturated heterocycles. The Bertz CT molecular complexity index is 740. The molecule has 1 atom stereocenters. The van der Waals surface area contributed by atoms with Gasteiger partial charge in [-0.2, -0.15) is 0 Å². The Morgan fingerprint density at radius 3 is 2.48 bits per heavy atom. The molecule has 0 radical (unpaired) electrons. The number of carboxylic acids is 1. The molecule has 0 heterocycles. The molecule has 0 fully saturated rings. The number of para-hydroxylation sites is 1. The van der Waals surface area contributed by atoms with Gasteiger partial charge in [-0.25, -0.2) is 9.18 Å². The minimum absolute atomic E-state index is 0.0336. The second kappa shape index (κ2) is 10.8. The van der Waals surface area contributed by atoms with Crippen molar-refractivity contribution in [1.29, 1.82) is 0 Å². The lowest BCUT2D eigenvalue weighted by Gasteiger charge is -2.19. The molecule has 2 aromatic carbocycles. The van der Waals surface area contributed by atoms with E-state index in [4.69, 9.17) is 9.84 Å². The zero-order valence-corrected chi connectivity index (χ0v) is 14.9. The fraction of sp³-hybridized carbons (Fsp3) is 0.300. The van der Waals surface area contributed by atoms with E-state index in [1.807, 2.05) is 30.3 Å². The zero-order valence-electron chi connectivity index (χ0n) is 14.9. The van der Waals surface area contributed by atoms with Crippen molar-refractivity contribution in [3.63, 3.8) is 0 Å². The van der Waals surface area contributed by atoms with Gasteiger partial charge in [-0.1, -0.05) is 42.5 Å². The minimum atomic E-state index is -0.909. The maximum atomic E-state index is 13.4. The summed E-state index contributed by atoms with van der Waals surface area (Å²) in [6, 6.07) is 14.8. The Morgan fingerprint density at radius 2 is 1.78 bits per heavy atom. The zero-order chi connectivity index (χ0) is 19.5. The third kappa shape index (κ3) is 7.77. The summed E-state index contributed by atoms with van der Waals surface area (Å²) in [5.41, 5.74) is 1.01. The van der Waals surface area contributed by atoms with Crippen LogP contribution in [0.4, 0.5) is 9.18 Å². The molecule has 0 aliphatic carbocycles. The molecule has 0 aliphatic heterocycles. The first-order valence-corrected chi connectivity index (χ1v) is 8.72. The first-order valence-electron chi connectivity index (χ1n) is 8.72. The maximum Gasteiger partial charge on any atom is 0.315 e. The van der Waals surface area contributed by atoms with Gasteiger partial charge in [0.15, 0.2) is 11.6 Å². The van der Waals surface area contributed by atoms with Crippen LogP contribution in [-0.2, 0) is 11.2 Å². The molecule has 144 valence electrons. The Balaban J connectivity index is 1.78. The second-order valence-electron chi connectivity index (χ2n) is 6.00. The van der Waals surface area contributed by atoms with Gasteiger partial charge in [-0.3, -0.25) is 4.79 Å². The fourth-order valence-corrected chi connectivity index (χ4v) is 2.55. The Labute approximate surface area is 157 Å². The lowest BCUT2D eigenvalue weighted by atomic mass is 10.0. The molecular weight excluding hydrogens is 351 g/mol. The van der Waals surface area contributed by atoms with Gasteiger partial charge in [-0.05, 0) is 30.5 Å². The number of amides is 2. The highest BCUT2D eigenvalue weighted by atomic mass is 19.1. The van der Waals surface area contributed by atoms with Crippen molar-refractivity contribution in [1.82, 2.24) is 10.6 Å². The van der Waals surface area contributed by atoms with E-state index in [0.29, 0.717) is 12.8 Å². The number of nitrogens with one attached hydrogen (secondary N) is 2. The smallest absolute Gasteiger partial charge is 0.315 e. The number of aliphatic carboxylic acids is 1. The number of urea groups is 1. The van der Waals surface area contributed by atoms with E-state index < -0.39 is 17.8 Å². The lowest BCUT2D eigenvalue weighted by Crippen LogP contribution is -2.44. The molecule has 27 heavy (non-hydrogen) atoms. The largest absolute Gasteiger partial charge is 0.489 e. The van der Waals surface area contributed by atoms with E-state index in [2.05, 4.69) is 10.6 Å². The van der Waals surface area contributed by atoms with Crippen LogP contribution in [0.2, 0.25) is 0 Å². The van der Waals surface area contributed by atoms with Gasteiger partial charge in [0.05, 0.1) is 6.54 Å². The van der Waals surface area contributed by atoms with E-state index in [9.17, 15) is 14.0 Å². The van der Waals surface area contributed by atoms with Gasteiger partial charge in [0, 0.05) is 12.5 Å². The molecule has 0 aromatic heterocycles. The van der Waals surface area contributed by atoms with Crippen molar-refractivity contribution in [3.05, 3.63) is 66.0 Å². The molecule has 2 amide bonds. The van der Waals surface area contributed by atoms with E-state index in [1.54, 1.807) is 12.1 Å². The van der Waals surface area contributed by atoms with Gasteiger partial charge in [0.1, 0.15) is 6.61 Å². The predicted octanol–water partition coefficient (Wildman–Crippen LogP) is 2.98. The number of benzene rings is 2. The minimum Gasteiger partial charge on any atom is -0.489 e. The van der Waals surface area contributed by atoms with Crippen LogP contribution in [0.1, 0.15) is 18.4 Å². The van der Waals surface area contributed by atoms with Crippen LogP contribution in [0, 0.1) is 5.82 Å². The molecule has 2 aromatic rings. The van der Waals surface area contributed by atoms with Gasteiger partial charge in [0.2, 0.25) is 0 Å². The van der Waals surface area contributed by atoms with Crippen molar-refractivity contribution in [2.45, 2.75) is 25.3 Å². The molecule has 1 unspecified atom stereocenters. The van der Waals surface area contributed by atoms with Crippen molar-refractivity contribution in [2.24, 2.45) is 0 Å². The second-order valence-corrected chi connectivity index (χ2v) is 6.00. The Morgan fingerprint density at radius 1 is 1.07 bits per heavy atom. The average Bonchev–Trinajstić information content (AvgIpc) is 2.65. The van der Waals surface area contributed by atoms with Gasteiger partial charge < -0.3 is 20.5 Å². The molecule has 2 rings (SSSR count). The molecule has 0 saturated carbocycles. The molecule has 7 heteroatoms. The van der Waals surface area contributed by atoms with Gasteiger partial charge in [0.25, 0.3) is 0 Å². The summed E-state index contributed by atoms with van der Waals surface area (Å²) in [6.45, 7) is 0.310. The number of hydrogen-bond acceptors (Lipinski definition) is 3. The molecule has 0 spiro atoms. The number of hydrogen-bond donors (Lipinski definition) is 3. The monoisotopic (exact) mass is 374 g/mol. The summed E-state index contributed by atoms with van der Waals surface area (Å²) in [5.74, 6) is -1.24. The summed E-state index contributed by atoms with van der Waals surface area (Å²) in [4.78, 5) is 22.9. The normalized spacial score (nSPS) is 11.4. The third-order valence-corrected chi connectivity index (χ3v) is 3.85. The third-order valence-electron chi connectivity index (χ3n) is 3.85. The standard InChI is InChI=1S/C20H23FN2O4/c21-17-8-4-5-9-18(17)27-13-12-22-20(26)23-16(10-11-19(24)25)14-15-6-2-1-3-7-15/h1-9,16H,10-14H2,(H,24,25)(H2,22,23,26). The summed E-state index contributed by atoms with van der Waals surface area (Å²) >= 11 is 0. The van der Waals surface area contributed by atoms with Crippen molar-refractivity contribution in [3.8, 4) is 5.75 Å². The molecule has 0 bridgehead atoms. The number of carbonyl (C=O) groups excluding carboxylic acids is 1. The number of ether oxygens (including phenoxy) is 1.